The van der Waals surface area contributed by atoms with Gasteiger partial charge in [-0.2, -0.15) is 0 Å². The zero-order valence-corrected chi connectivity index (χ0v) is 24.0. The monoisotopic (exact) mass is 605 g/mol. The van der Waals surface area contributed by atoms with Crippen molar-refractivity contribution in [1.29, 1.82) is 0 Å². The zero-order chi connectivity index (χ0) is 26.3. The number of nitrogens with zero attached hydrogens (tertiary/aromatic N) is 2. The predicted octanol–water partition coefficient (Wildman–Crippen LogP) is 5.24. The summed E-state index contributed by atoms with van der Waals surface area (Å²) in [5, 5.41) is 3.71. The first-order valence-corrected chi connectivity index (χ1v) is 14.5. The highest BCUT2D eigenvalue weighted by Crippen LogP contribution is 2.26. The van der Waals surface area contributed by atoms with E-state index in [1.165, 1.54) is 4.90 Å². The highest BCUT2D eigenvalue weighted by Gasteiger charge is 2.32. The lowest BCUT2D eigenvalue weighted by molar-refractivity contribution is -0.140. The fourth-order valence-corrected chi connectivity index (χ4v) is 5.14. The molecule has 0 radical (unpaired) electrons. The van der Waals surface area contributed by atoms with Gasteiger partial charge >= 0.3 is 0 Å². The predicted molar refractivity (Wildman–Crippen MR) is 145 cm³/mol. The third kappa shape index (κ3) is 8.37. The molecule has 2 aromatic carbocycles. The van der Waals surface area contributed by atoms with Crippen molar-refractivity contribution < 1.29 is 18.0 Å². The third-order valence-electron chi connectivity index (χ3n) is 5.52. The fourth-order valence-electron chi connectivity index (χ4n) is 3.44. The van der Waals surface area contributed by atoms with Crippen molar-refractivity contribution in [3.8, 4) is 0 Å². The normalized spacial score (nSPS) is 13.1. The summed E-state index contributed by atoms with van der Waals surface area (Å²) in [4.78, 5) is 28.2. The van der Waals surface area contributed by atoms with E-state index < -0.39 is 28.5 Å². The second-order valence-electron chi connectivity index (χ2n) is 8.25. The van der Waals surface area contributed by atoms with Crippen LogP contribution in [0.2, 0.25) is 10.0 Å². The summed E-state index contributed by atoms with van der Waals surface area (Å²) >= 11 is 15.7. The van der Waals surface area contributed by atoms with Gasteiger partial charge < -0.3 is 10.2 Å². The van der Waals surface area contributed by atoms with E-state index >= 15 is 0 Å². The van der Waals surface area contributed by atoms with Gasteiger partial charge in [0.25, 0.3) is 0 Å². The van der Waals surface area contributed by atoms with Crippen molar-refractivity contribution in [2.45, 2.75) is 52.2 Å². The van der Waals surface area contributed by atoms with E-state index in [4.69, 9.17) is 23.2 Å². The number of carbonyl (C=O) groups excluding carboxylic acids is 2. The van der Waals surface area contributed by atoms with Crippen molar-refractivity contribution in [2.24, 2.45) is 0 Å². The van der Waals surface area contributed by atoms with Gasteiger partial charge in [0.15, 0.2) is 0 Å². The van der Waals surface area contributed by atoms with E-state index in [9.17, 15) is 18.0 Å². The lowest BCUT2D eigenvalue weighted by atomic mass is 10.1. The molecule has 0 bridgehead atoms. The van der Waals surface area contributed by atoms with Crippen molar-refractivity contribution in [3.63, 3.8) is 0 Å². The first-order valence-electron chi connectivity index (χ1n) is 11.1. The van der Waals surface area contributed by atoms with Crippen LogP contribution in [0.5, 0.6) is 0 Å². The number of sulfonamides is 1. The summed E-state index contributed by atoms with van der Waals surface area (Å²) in [7, 11) is -3.80. The summed E-state index contributed by atoms with van der Waals surface area (Å²) < 4.78 is 27.0. The largest absolute Gasteiger partial charge is 0.352 e. The minimum absolute atomic E-state index is 0.0113. The molecule has 0 fully saturated rings. The molecule has 0 aliphatic carbocycles. The van der Waals surface area contributed by atoms with Crippen LogP contribution in [0.3, 0.4) is 0 Å². The topological polar surface area (TPSA) is 86.8 Å². The van der Waals surface area contributed by atoms with Crippen molar-refractivity contribution in [2.75, 3.05) is 17.1 Å². The smallest absolute Gasteiger partial charge is 0.244 e. The van der Waals surface area contributed by atoms with Crippen LogP contribution in [-0.4, -0.2) is 50.0 Å². The van der Waals surface area contributed by atoms with Crippen LogP contribution in [0.1, 0.15) is 39.2 Å². The van der Waals surface area contributed by atoms with E-state index in [1.807, 2.05) is 13.8 Å². The summed E-state index contributed by atoms with van der Waals surface area (Å²) in [5.41, 5.74) is 0.921. The average molecular weight is 607 g/mol. The number of nitrogens with one attached hydrogen (secondary N) is 1. The van der Waals surface area contributed by atoms with Crippen molar-refractivity contribution in [3.05, 3.63) is 62.5 Å². The molecule has 0 aliphatic rings. The second kappa shape index (κ2) is 12.9. The van der Waals surface area contributed by atoms with E-state index in [0.29, 0.717) is 32.2 Å². The second-order valence-corrected chi connectivity index (χ2v) is 11.9. The SMILES string of the molecule is CC[C@H](C)NC(=O)[C@H](CC)N(Cc1ccc(Cl)cc1Cl)C(=O)CN(c1cccc(Br)c1)S(C)(=O)=O. The van der Waals surface area contributed by atoms with Gasteiger partial charge in [0.05, 0.1) is 11.9 Å². The molecule has 7 nitrogen and oxygen atoms in total. The molecule has 0 aliphatic heterocycles. The Morgan fingerprint density at radius 1 is 1.09 bits per heavy atom. The molecule has 0 spiro atoms. The Morgan fingerprint density at radius 2 is 1.77 bits per heavy atom. The molecule has 1 N–H and O–H groups in total. The van der Waals surface area contributed by atoms with Crippen LogP contribution in [0.15, 0.2) is 46.9 Å². The summed E-state index contributed by atoms with van der Waals surface area (Å²) in [6.07, 6.45) is 2.09. The van der Waals surface area contributed by atoms with Gasteiger partial charge in [0.1, 0.15) is 12.6 Å². The maximum Gasteiger partial charge on any atom is 0.244 e. The van der Waals surface area contributed by atoms with E-state index in [-0.39, 0.29) is 18.5 Å². The number of benzene rings is 2. The lowest BCUT2D eigenvalue weighted by Crippen LogP contribution is -2.53. The maximum atomic E-state index is 13.7. The standard InChI is InChI=1S/C24H30BrCl2N3O4S/c1-5-16(3)28-24(32)22(6-2)29(14-17-10-11-19(26)13-21(17)27)23(31)15-30(35(4,33)34)20-9-7-8-18(25)12-20/h7-13,16,22H,5-6,14-15H2,1-4H3,(H,28,32)/t16-,22-/m0/s1. The van der Waals surface area contributed by atoms with Crippen molar-refractivity contribution >= 4 is 66.7 Å². The molecule has 0 heterocycles. The van der Waals surface area contributed by atoms with Crippen molar-refractivity contribution in [1.82, 2.24) is 10.2 Å². The Kier molecular flexibility index (Phi) is 10.9. The van der Waals surface area contributed by atoms with Crippen LogP contribution >= 0.6 is 39.1 Å². The number of anilines is 1. The van der Waals surface area contributed by atoms with Gasteiger partial charge in [-0.25, -0.2) is 8.42 Å². The van der Waals surface area contributed by atoms with Crippen LogP contribution in [0.4, 0.5) is 5.69 Å². The highest BCUT2D eigenvalue weighted by atomic mass is 79.9. The highest BCUT2D eigenvalue weighted by molar-refractivity contribution is 9.10. The minimum atomic E-state index is -3.80. The number of halogens is 3. The molecule has 35 heavy (non-hydrogen) atoms. The van der Waals surface area contributed by atoms with Crippen LogP contribution < -0.4 is 9.62 Å². The van der Waals surface area contributed by atoms with Gasteiger partial charge in [-0.15, -0.1) is 0 Å². The Balaban J connectivity index is 2.48. The number of hydrogen-bond donors (Lipinski definition) is 1. The van der Waals surface area contributed by atoms with Crippen LogP contribution in [-0.2, 0) is 26.2 Å². The number of hydrogen-bond acceptors (Lipinski definition) is 4. The van der Waals surface area contributed by atoms with Gasteiger partial charge in [0.2, 0.25) is 21.8 Å². The first-order chi connectivity index (χ1) is 16.4. The molecule has 0 unspecified atom stereocenters. The van der Waals surface area contributed by atoms with Gasteiger partial charge in [-0.1, -0.05) is 65.1 Å². The Labute approximate surface area is 225 Å². The molecule has 192 valence electrons. The Hall–Kier alpha value is -1.81. The molecular weight excluding hydrogens is 577 g/mol. The number of amides is 2. The molecular formula is C24H30BrCl2N3O4S. The van der Waals surface area contributed by atoms with Gasteiger partial charge in [-0.3, -0.25) is 13.9 Å². The van der Waals surface area contributed by atoms with E-state index in [0.717, 1.165) is 17.0 Å². The average Bonchev–Trinajstić information content (AvgIpc) is 2.77. The quantitative estimate of drug-likeness (QED) is 0.379. The molecule has 0 saturated heterocycles. The molecule has 11 heteroatoms. The first kappa shape index (κ1) is 29.4. The van der Waals surface area contributed by atoms with Gasteiger partial charge in [0, 0.05) is 27.1 Å². The number of rotatable bonds is 11. The summed E-state index contributed by atoms with van der Waals surface area (Å²) in [6.45, 7) is 5.16. The Bertz CT molecular complexity index is 1160. The minimum Gasteiger partial charge on any atom is -0.352 e. The molecule has 2 rings (SSSR count). The fraction of sp³-hybridized carbons (Fsp3) is 0.417. The molecule has 0 aromatic heterocycles. The van der Waals surface area contributed by atoms with Gasteiger partial charge in [-0.05, 0) is 55.7 Å². The van der Waals surface area contributed by atoms with E-state index in [1.54, 1.807) is 49.4 Å². The zero-order valence-electron chi connectivity index (χ0n) is 20.1. The molecule has 2 aromatic rings. The molecule has 0 saturated carbocycles. The summed E-state index contributed by atoms with van der Waals surface area (Å²) in [5.74, 6) is -0.846. The molecule has 2 atom stereocenters. The third-order valence-corrected chi connectivity index (χ3v) is 7.74. The van der Waals surface area contributed by atoms with Crippen LogP contribution in [0, 0.1) is 0 Å². The van der Waals surface area contributed by atoms with E-state index in [2.05, 4.69) is 21.2 Å². The Morgan fingerprint density at radius 3 is 2.31 bits per heavy atom. The number of carbonyl (C=O) groups is 2. The lowest BCUT2D eigenvalue weighted by Gasteiger charge is -2.33. The molecule has 2 amide bonds. The maximum absolute atomic E-state index is 13.7. The summed E-state index contributed by atoms with van der Waals surface area (Å²) in [6, 6.07) is 10.6. The van der Waals surface area contributed by atoms with Crippen LogP contribution in [0.25, 0.3) is 0 Å².